The Morgan fingerprint density at radius 2 is 1.66 bits per heavy atom. The van der Waals surface area contributed by atoms with Crippen molar-refractivity contribution < 1.29 is 28.3 Å². The second kappa shape index (κ2) is 15.7. The second-order valence-corrected chi connectivity index (χ2v) is 23.2. The van der Waals surface area contributed by atoms with E-state index in [1.165, 1.54) is 0 Å². The lowest BCUT2D eigenvalue weighted by Gasteiger charge is -2.71. The molecule has 0 aromatic heterocycles. The first-order valence-corrected chi connectivity index (χ1v) is 22.9. The normalized spacial score (nSPS) is 40.2. The number of carbonyl (C=O) groups excluding carboxylic acids is 1. The van der Waals surface area contributed by atoms with E-state index in [9.17, 15) is 9.35 Å². The van der Waals surface area contributed by atoms with Gasteiger partial charge in [0.05, 0.1) is 43.2 Å². The van der Waals surface area contributed by atoms with Crippen LogP contribution in [0.3, 0.4) is 0 Å². The van der Waals surface area contributed by atoms with Gasteiger partial charge in [-0.15, -0.1) is 0 Å². The molecule has 56 heavy (non-hydrogen) atoms. The zero-order chi connectivity index (χ0) is 41.2. The highest BCUT2D eigenvalue weighted by atomic mass is 32.2. The van der Waals surface area contributed by atoms with Crippen molar-refractivity contribution in [3.63, 3.8) is 0 Å². The molecule has 7 nitrogen and oxygen atoms in total. The van der Waals surface area contributed by atoms with Crippen molar-refractivity contribution in [2.24, 2.45) is 67.0 Å². The average molecular weight is 794 g/mol. The summed E-state index contributed by atoms with van der Waals surface area (Å²) in [5.74, 6) is 1.36. The third-order valence-electron chi connectivity index (χ3n) is 16.7. The number of ether oxygens (including phenoxy) is 4. The van der Waals surface area contributed by atoms with Crippen LogP contribution in [0.4, 0.5) is 0 Å². The summed E-state index contributed by atoms with van der Waals surface area (Å²) in [6.07, 6.45) is 7.88. The summed E-state index contributed by atoms with van der Waals surface area (Å²) < 4.78 is 44.3. The average Bonchev–Trinajstić information content (AvgIpc) is 3.13. The van der Waals surface area contributed by atoms with Crippen LogP contribution in [0, 0.1) is 62.6 Å². The Morgan fingerprint density at radius 3 is 2.27 bits per heavy atom. The predicted molar refractivity (Wildman–Crippen MR) is 227 cm³/mol. The van der Waals surface area contributed by atoms with E-state index in [1.54, 1.807) is 5.57 Å². The van der Waals surface area contributed by atoms with Gasteiger partial charge in [-0.1, -0.05) is 109 Å². The molecule has 1 heterocycles. The van der Waals surface area contributed by atoms with Crippen LogP contribution in [0.1, 0.15) is 134 Å². The van der Waals surface area contributed by atoms with Crippen LogP contribution in [0.25, 0.3) is 0 Å². The largest absolute Gasteiger partial charge is 0.591 e. The molecule has 1 aromatic rings. The summed E-state index contributed by atoms with van der Waals surface area (Å²) in [4.78, 5) is 14.8. The molecule has 2 bridgehead atoms. The lowest BCUT2D eigenvalue weighted by Crippen LogP contribution is -2.70. The van der Waals surface area contributed by atoms with Crippen molar-refractivity contribution in [1.29, 1.82) is 0 Å². The summed E-state index contributed by atoms with van der Waals surface area (Å²) in [5, 5.41) is 0. The standard InChI is InChI=1S/C48H75NO6S/c1-30(2)32(5)44(10)24-25-46(12)35-20-21-38-45(11)28-53-29-48(38,26-37(52-14)41(45)55-33(6)39(31(3)4)49-56(51)43(7,8)9)36(35)22-23-47(46,13)40(44)42(50)54-27-34-18-16-15-17-19-34/h15-19,22,30-33,35,37-38,40-41H,20-21,23-29H2,1-14H3/b49-39+/t32-,33?,35+,37-,38+,40-,41+,44-,45+,46-,47+,48+,56?/m1/s1. The van der Waals surface area contributed by atoms with Gasteiger partial charge in [-0.2, -0.15) is 0 Å². The summed E-state index contributed by atoms with van der Waals surface area (Å²) in [6.45, 7) is 30.5. The Kier molecular flexibility index (Phi) is 12.3. The van der Waals surface area contributed by atoms with Crippen molar-refractivity contribution in [1.82, 2.24) is 0 Å². The van der Waals surface area contributed by atoms with E-state index in [1.807, 2.05) is 58.2 Å². The van der Waals surface area contributed by atoms with Crippen molar-refractivity contribution in [2.45, 2.75) is 158 Å². The quantitative estimate of drug-likeness (QED) is 0.0959. The number of allylic oxidation sites excluding steroid dienone is 1. The number of esters is 1. The van der Waals surface area contributed by atoms with E-state index < -0.39 is 16.1 Å². The molecule has 3 saturated carbocycles. The molecular formula is C48H75NO6S. The molecule has 8 heteroatoms. The van der Waals surface area contributed by atoms with Crippen LogP contribution in [0.2, 0.25) is 0 Å². The molecule has 5 aliphatic rings. The second-order valence-electron chi connectivity index (χ2n) is 21.3. The Balaban J connectivity index is 1.36. The van der Waals surface area contributed by atoms with Gasteiger partial charge in [-0.05, 0) is 118 Å². The summed E-state index contributed by atoms with van der Waals surface area (Å²) in [6, 6.07) is 10.1. The monoisotopic (exact) mass is 794 g/mol. The van der Waals surface area contributed by atoms with Crippen LogP contribution in [-0.2, 0) is 41.7 Å². The van der Waals surface area contributed by atoms with Crippen molar-refractivity contribution >= 4 is 23.0 Å². The number of benzene rings is 1. The van der Waals surface area contributed by atoms with E-state index in [0.717, 1.165) is 49.8 Å². The molecule has 314 valence electrons. The first kappa shape index (κ1) is 43.9. The molecule has 4 fully saturated rings. The number of hydrogen-bond donors (Lipinski definition) is 0. The first-order chi connectivity index (χ1) is 26.1. The minimum atomic E-state index is -1.38. The number of rotatable bonds is 11. The van der Waals surface area contributed by atoms with Crippen LogP contribution >= 0.6 is 0 Å². The van der Waals surface area contributed by atoms with Gasteiger partial charge >= 0.3 is 5.97 Å². The maximum atomic E-state index is 14.8. The molecule has 13 atom stereocenters. The van der Waals surface area contributed by atoms with Crippen molar-refractivity contribution in [3.8, 4) is 0 Å². The highest BCUT2D eigenvalue weighted by Crippen LogP contribution is 2.75. The van der Waals surface area contributed by atoms with Crippen LogP contribution in [0.5, 0.6) is 0 Å². The molecule has 1 aliphatic heterocycles. The van der Waals surface area contributed by atoms with Crippen molar-refractivity contribution in [3.05, 3.63) is 47.5 Å². The molecular weight excluding hydrogens is 719 g/mol. The molecule has 1 saturated heterocycles. The topological polar surface area (TPSA) is 89.4 Å². The fourth-order valence-corrected chi connectivity index (χ4v) is 13.8. The minimum absolute atomic E-state index is 0.0311. The Bertz CT molecular complexity index is 1640. The fourth-order valence-electron chi connectivity index (χ4n) is 13.0. The lowest BCUT2D eigenvalue weighted by molar-refractivity contribution is -0.270. The lowest BCUT2D eigenvalue weighted by atomic mass is 9.34. The zero-order valence-electron chi connectivity index (χ0n) is 37.3. The third-order valence-corrected chi connectivity index (χ3v) is 18.1. The van der Waals surface area contributed by atoms with Crippen molar-refractivity contribution in [2.75, 3.05) is 20.3 Å². The zero-order valence-corrected chi connectivity index (χ0v) is 38.1. The van der Waals surface area contributed by atoms with E-state index in [4.69, 9.17) is 23.3 Å². The van der Waals surface area contributed by atoms with Crippen LogP contribution in [0.15, 0.2) is 46.4 Å². The highest BCUT2D eigenvalue weighted by Gasteiger charge is 2.72. The molecule has 4 aliphatic carbocycles. The van der Waals surface area contributed by atoms with Crippen LogP contribution < -0.4 is 0 Å². The maximum absolute atomic E-state index is 14.8. The number of nitrogens with zero attached hydrogens (tertiary/aromatic N) is 1. The van der Waals surface area contributed by atoms with Gasteiger partial charge in [0.15, 0.2) is 0 Å². The number of methoxy groups -OCH3 is 1. The molecule has 2 unspecified atom stereocenters. The summed E-state index contributed by atoms with van der Waals surface area (Å²) >= 11 is -1.38. The van der Waals surface area contributed by atoms with Gasteiger partial charge in [-0.25, -0.2) is 0 Å². The van der Waals surface area contributed by atoms with E-state index in [0.29, 0.717) is 43.5 Å². The van der Waals surface area contributed by atoms with Gasteiger partial charge in [-0.3, -0.25) is 4.79 Å². The van der Waals surface area contributed by atoms with Crippen LogP contribution in [-0.4, -0.2) is 59.6 Å². The van der Waals surface area contributed by atoms with E-state index in [-0.39, 0.29) is 63.2 Å². The Morgan fingerprint density at radius 1 is 0.982 bits per heavy atom. The molecule has 0 N–H and O–H groups in total. The Labute approximate surface area is 343 Å². The minimum Gasteiger partial charge on any atom is -0.591 e. The van der Waals surface area contributed by atoms with Gasteiger partial charge < -0.3 is 23.5 Å². The molecule has 0 amide bonds. The van der Waals surface area contributed by atoms with Gasteiger partial charge in [0.25, 0.3) is 0 Å². The molecule has 0 radical (unpaired) electrons. The third kappa shape index (κ3) is 7.09. The summed E-state index contributed by atoms with van der Waals surface area (Å²) in [7, 11) is 1.84. The SMILES string of the molecule is CO[C@@H]1C[C@@]23COC[C@@](C)([C@@H]2CC[C@H]2C3=CC[C@@]3(C)[C@H](C(=O)OCc4ccccc4)[C@@](C)([C@H](C)C(C)C)CC[C@]23C)[C@H]1OC(C)/C(=N/[S+]([O-])C(C)(C)C)C(C)C. The number of carbonyl (C=O) groups is 1. The molecule has 0 spiro atoms. The van der Waals surface area contributed by atoms with Gasteiger partial charge in [0.1, 0.15) is 22.7 Å². The van der Waals surface area contributed by atoms with Gasteiger partial charge in [0, 0.05) is 17.9 Å². The Hall–Kier alpha value is -1.71. The first-order valence-electron chi connectivity index (χ1n) is 21.8. The van der Waals surface area contributed by atoms with Gasteiger partial charge in [0.2, 0.25) is 0 Å². The predicted octanol–water partition coefficient (Wildman–Crippen LogP) is 10.6. The number of hydrogen-bond acceptors (Lipinski definition) is 7. The van der Waals surface area contributed by atoms with E-state index in [2.05, 4.69) is 75.3 Å². The summed E-state index contributed by atoms with van der Waals surface area (Å²) in [5.41, 5.74) is 2.42. The number of fused-ring (bicyclic) bond motifs is 3. The molecule has 1 aromatic carbocycles. The maximum Gasteiger partial charge on any atom is 0.310 e. The fraction of sp³-hybridized carbons (Fsp3) is 0.792. The smallest absolute Gasteiger partial charge is 0.310 e. The highest BCUT2D eigenvalue weighted by molar-refractivity contribution is 7.91. The molecule has 6 rings (SSSR count). The van der Waals surface area contributed by atoms with E-state index >= 15 is 0 Å².